The Morgan fingerprint density at radius 3 is 2.61 bits per heavy atom. The lowest BCUT2D eigenvalue weighted by molar-refractivity contribution is -0.179. The number of likely N-dealkylation sites (tertiary alicyclic amines) is 1. The Kier molecular flexibility index (Phi) is 2.67. The highest BCUT2D eigenvalue weighted by Crippen LogP contribution is 2.98. The molecule has 4 aliphatic rings. The number of ether oxygens (including phenoxy) is 1. The molecule has 142 valence electrons. The number of aliphatic carboxylic acids is 1. The molecule has 8 nitrogen and oxygen atoms in total. The molecule has 5 atom stereocenters. The Bertz CT molecular complexity index is 1020. The second kappa shape index (κ2) is 4.76. The summed E-state index contributed by atoms with van der Waals surface area (Å²) < 4.78 is 10.8. The van der Waals surface area contributed by atoms with Crippen LogP contribution in [0.5, 0.6) is 0 Å². The predicted octanol–water partition coefficient (Wildman–Crippen LogP) is 1.81. The first-order valence-electron chi connectivity index (χ1n) is 9.14. The Balaban J connectivity index is 1.42. The number of β-lactam (4-membered cyclic amide) rings is 1. The molecule has 2 saturated carbocycles. The molecule has 2 saturated heterocycles. The van der Waals surface area contributed by atoms with E-state index in [0.29, 0.717) is 5.76 Å². The number of hydrogen-bond donors (Lipinski definition) is 1. The Morgan fingerprint density at radius 2 is 1.96 bits per heavy atom. The van der Waals surface area contributed by atoms with E-state index < -0.39 is 29.7 Å². The lowest BCUT2D eigenvalue weighted by Gasteiger charge is -2.53. The van der Waals surface area contributed by atoms with Crippen molar-refractivity contribution in [2.24, 2.45) is 11.3 Å². The molecule has 28 heavy (non-hydrogen) atoms. The van der Waals surface area contributed by atoms with Gasteiger partial charge in [0.15, 0.2) is 0 Å². The van der Waals surface area contributed by atoms with Crippen LogP contribution in [-0.2, 0) is 14.3 Å². The van der Waals surface area contributed by atoms with Crippen molar-refractivity contribution in [2.45, 2.75) is 17.6 Å². The number of piperidine rings is 1. The van der Waals surface area contributed by atoms with E-state index in [1.165, 1.54) is 4.90 Å². The molecular weight excluding hydrogens is 364 g/mol. The quantitative estimate of drug-likeness (QED) is 0.794. The molecule has 0 radical (unpaired) electrons. The molecule has 1 aromatic carbocycles. The van der Waals surface area contributed by atoms with Crippen LogP contribution in [0.25, 0.3) is 0 Å². The smallest absolute Gasteiger partial charge is 0.412 e. The van der Waals surface area contributed by atoms with E-state index in [4.69, 9.17) is 9.15 Å². The number of amides is 2. The van der Waals surface area contributed by atoms with E-state index >= 15 is 0 Å². The minimum Gasteiger partial charge on any atom is -0.480 e. The second-order valence-electron chi connectivity index (χ2n) is 7.72. The van der Waals surface area contributed by atoms with Gasteiger partial charge >= 0.3 is 12.1 Å². The van der Waals surface area contributed by atoms with Crippen LogP contribution in [-0.4, -0.2) is 51.7 Å². The van der Waals surface area contributed by atoms with E-state index in [2.05, 4.69) is 0 Å². The van der Waals surface area contributed by atoms with E-state index in [-0.39, 0.29) is 30.4 Å². The fraction of sp³-hybridized carbons (Fsp3) is 0.350. The van der Waals surface area contributed by atoms with Crippen LogP contribution in [0.15, 0.2) is 53.1 Å². The molecule has 4 fully saturated rings. The second-order valence-corrected chi connectivity index (χ2v) is 7.72. The largest absolute Gasteiger partial charge is 0.480 e. The zero-order chi connectivity index (χ0) is 19.3. The summed E-state index contributed by atoms with van der Waals surface area (Å²) >= 11 is 0. The molecule has 6 rings (SSSR count). The third-order valence-electron chi connectivity index (χ3n) is 6.74. The molecule has 2 aliphatic carbocycles. The molecular formula is C20H16N2O6. The van der Waals surface area contributed by atoms with Crippen LogP contribution < -0.4 is 0 Å². The summed E-state index contributed by atoms with van der Waals surface area (Å²) in [5.41, 5.74) is -0.821. The molecule has 1 aromatic heterocycles. The maximum absolute atomic E-state index is 13.0. The summed E-state index contributed by atoms with van der Waals surface area (Å²) in [7, 11) is 0. The summed E-state index contributed by atoms with van der Waals surface area (Å²) in [5.74, 6) is -0.924. The minimum absolute atomic E-state index is 0.120. The van der Waals surface area contributed by atoms with Gasteiger partial charge in [0, 0.05) is 11.8 Å². The molecule has 1 spiro atoms. The first-order chi connectivity index (χ1) is 13.6. The standard InChI is InChI=1S/C20H16N2O6/c23-14(24)9-21-17(25)19-15(13-7-4-8-27-13)16(19)20(19,21)22-12(10-28-18(22)26)11-5-2-1-3-6-11/h1-8,12,15-16H,9-10H2,(H,23,24)/t12-,15?,16+,19+,20-/m1/s1. The van der Waals surface area contributed by atoms with Crippen molar-refractivity contribution in [3.05, 3.63) is 60.1 Å². The van der Waals surface area contributed by atoms with E-state index in [9.17, 15) is 19.5 Å². The number of rotatable bonds is 5. The van der Waals surface area contributed by atoms with Crippen molar-refractivity contribution in [3.8, 4) is 0 Å². The minimum atomic E-state index is -1.10. The predicted molar refractivity (Wildman–Crippen MR) is 91.8 cm³/mol. The average molecular weight is 380 g/mol. The van der Waals surface area contributed by atoms with Gasteiger partial charge in [-0.3, -0.25) is 14.5 Å². The molecule has 2 aliphatic heterocycles. The molecule has 2 aromatic rings. The highest BCUT2D eigenvalue weighted by atomic mass is 16.6. The van der Waals surface area contributed by atoms with Crippen molar-refractivity contribution < 1.29 is 28.6 Å². The highest BCUT2D eigenvalue weighted by molar-refractivity contribution is 6.08. The monoisotopic (exact) mass is 380 g/mol. The van der Waals surface area contributed by atoms with Crippen molar-refractivity contribution in [3.63, 3.8) is 0 Å². The van der Waals surface area contributed by atoms with Crippen LogP contribution in [0.4, 0.5) is 4.79 Å². The maximum Gasteiger partial charge on any atom is 0.412 e. The first-order valence-corrected chi connectivity index (χ1v) is 9.14. The highest BCUT2D eigenvalue weighted by Gasteiger charge is 3.11. The SMILES string of the molecule is O=C(O)CN1C(=O)[C@]23C(c4ccco4)[C@@H]2[C@]13N1C(=O)OC[C@@H]1c1ccccc1. The van der Waals surface area contributed by atoms with Gasteiger partial charge in [0.1, 0.15) is 30.0 Å². The molecule has 0 bridgehead atoms. The number of carbonyl (C=O) groups excluding carboxylic acids is 2. The maximum atomic E-state index is 13.0. The number of carboxylic acid groups (broad SMARTS) is 1. The summed E-state index contributed by atoms with van der Waals surface area (Å²) in [6.45, 7) is -0.263. The number of benzene rings is 1. The van der Waals surface area contributed by atoms with E-state index in [0.717, 1.165) is 5.56 Å². The first kappa shape index (κ1) is 15.7. The van der Waals surface area contributed by atoms with Crippen molar-refractivity contribution in [1.29, 1.82) is 0 Å². The van der Waals surface area contributed by atoms with Gasteiger partial charge in [-0.1, -0.05) is 30.3 Å². The Morgan fingerprint density at radius 1 is 1.18 bits per heavy atom. The molecule has 8 heteroatoms. The van der Waals surface area contributed by atoms with Crippen molar-refractivity contribution in [1.82, 2.24) is 9.80 Å². The van der Waals surface area contributed by atoms with Crippen LogP contribution in [0, 0.1) is 11.3 Å². The van der Waals surface area contributed by atoms with E-state index in [1.807, 2.05) is 36.4 Å². The molecule has 1 unspecified atom stereocenters. The average Bonchev–Trinajstić information content (AvgIpc) is 3.29. The number of nitrogens with zero attached hydrogens (tertiary/aromatic N) is 2. The van der Waals surface area contributed by atoms with Gasteiger partial charge in [-0.2, -0.15) is 0 Å². The Hall–Kier alpha value is -3.29. The normalized spacial score (nSPS) is 37.1. The lowest BCUT2D eigenvalue weighted by Crippen LogP contribution is -2.72. The summed E-state index contributed by atoms with van der Waals surface area (Å²) in [4.78, 5) is 40.0. The zero-order valence-corrected chi connectivity index (χ0v) is 14.6. The van der Waals surface area contributed by atoms with Gasteiger partial charge in [-0.25, -0.2) is 4.79 Å². The van der Waals surface area contributed by atoms with E-state index in [1.54, 1.807) is 17.2 Å². The summed E-state index contributed by atoms with van der Waals surface area (Å²) in [6, 6.07) is 12.7. The number of carboxylic acids is 1. The number of carbonyl (C=O) groups is 3. The fourth-order valence-corrected chi connectivity index (χ4v) is 5.77. The number of furan rings is 1. The van der Waals surface area contributed by atoms with Crippen molar-refractivity contribution >= 4 is 18.0 Å². The molecule has 2 amide bonds. The number of hydrogen-bond acceptors (Lipinski definition) is 5. The van der Waals surface area contributed by atoms with Crippen LogP contribution in [0.1, 0.15) is 23.3 Å². The molecule has 3 heterocycles. The van der Waals surface area contributed by atoms with Gasteiger partial charge in [0.05, 0.1) is 12.3 Å². The van der Waals surface area contributed by atoms with Gasteiger partial charge in [-0.15, -0.1) is 0 Å². The number of fused-ring (bicyclic) bond motifs is 1. The third-order valence-corrected chi connectivity index (χ3v) is 6.74. The molecule has 1 N–H and O–H groups in total. The van der Waals surface area contributed by atoms with Crippen LogP contribution in [0.3, 0.4) is 0 Å². The van der Waals surface area contributed by atoms with Gasteiger partial charge < -0.3 is 19.2 Å². The topological polar surface area (TPSA) is 100 Å². The van der Waals surface area contributed by atoms with Gasteiger partial charge in [0.25, 0.3) is 0 Å². The van der Waals surface area contributed by atoms with Crippen LogP contribution >= 0.6 is 0 Å². The third kappa shape index (κ3) is 1.46. The number of cyclic esters (lactones) is 1. The Labute approximate surface area is 159 Å². The van der Waals surface area contributed by atoms with Gasteiger partial charge in [0.2, 0.25) is 5.91 Å². The van der Waals surface area contributed by atoms with Crippen molar-refractivity contribution in [2.75, 3.05) is 13.2 Å². The zero-order valence-electron chi connectivity index (χ0n) is 14.6. The lowest BCUT2D eigenvalue weighted by atomic mass is 9.82. The fourth-order valence-electron chi connectivity index (χ4n) is 5.77. The summed E-state index contributed by atoms with van der Waals surface area (Å²) in [5, 5.41) is 9.31. The van der Waals surface area contributed by atoms with Gasteiger partial charge in [-0.05, 0) is 17.7 Å². The summed E-state index contributed by atoms with van der Waals surface area (Å²) in [6.07, 6.45) is 1.04. The van der Waals surface area contributed by atoms with Crippen LogP contribution in [0.2, 0.25) is 0 Å².